The molecule has 1 unspecified atom stereocenters. The first kappa shape index (κ1) is 17.1. The Hall–Kier alpha value is 0.0149. The molecule has 1 atom stereocenters. The smallest absolute Gasteiger partial charge is 0.403 e. The molecule has 1 aliphatic rings. The molecule has 0 aromatic carbocycles. The molecule has 0 spiro atoms. The minimum Gasteiger partial charge on any atom is -0.403 e. The topological polar surface area (TPSA) is 18.5 Å². The summed E-state index contributed by atoms with van der Waals surface area (Å²) in [5.41, 5.74) is -0.529. The van der Waals surface area contributed by atoms with Crippen LogP contribution in [0.5, 0.6) is 0 Å². The maximum atomic E-state index is 6.14. The average Bonchev–Trinajstić information content (AvgIpc) is 2.46. The minimum absolute atomic E-state index is 0.174. The summed E-state index contributed by atoms with van der Waals surface area (Å²) in [4.78, 5) is 0. The van der Waals surface area contributed by atoms with Gasteiger partial charge in [0.1, 0.15) is 0 Å². The van der Waals surface area contributed by atoms with Crippen LogP contribution < -0.4 is 0 Å². The maximum absolute atomic E-state index is 6.14. The zero-order valence-corrected chi connectivity index (χ0v) is 13.8. The van der Waals surface area contributed by atoms with Gasteiger partial charge in [-0.05, 0) is 46.4 Å². The van der Waals surface area contributed by atoms with Crippen molar-refractivity contribution in [1.82, 2.24) is 0 Å². The molecule has 0 amide bonds. The summed E-state index contributed by atoms with van der Waals surface area (Å²) in [6.45, 7) is 14.4. The number of unbranched alkanes of at least 4 members (excludes halogenated alkanes) is 2. The van der Waals surface area contributed by atoms with E-state index in [0.29, 0.717) is 0 Å². The molecule has 1 saturated heterocycles. The number of rotatable bonds is 7. The predicted molar refractivity (Wildman–Crippen MR) is 83.5 cm³/mol. The van der Waals surface area contributed by atoms with Crippen LogP contribution in [0, 0.1) is 5.92 Å². The van der Waals surface area contributed by atoms with Gasteiger partial charge in [0.15, 0.2) is 0 Å². The Bertz CT molecular complexity index is 299. The summed E-state index contributed by atoms with van der Waals surface area (Å²) in [5, 5.41) is 0.728. The van der Waals surface area contributed by atoms with E-state index in [1.807, 2.05) is 0 Å². The molecule has 0 bridgehead atoms. The highest BCUT2D eigenvalue weighted by Crippen LogP contribution is 2.40. The van der Waals surface area contributed by atoms with Crippen molar-refractivity contribution < 1.29 is 9.31 Å². The highest BCUT2D eigenvalue weighted by atomic mass is 35.5. The molecular weight excluding hydrogens is 258 g/mol. The summed E-state index contributed by atoms with van der Waals surface area (Å²) >= 11 is 6.14. The van der Waals surface area contributed by atoms with Crippen LogP contribution >= 0.6 is 11.6 Å². The molecule has 19 heavy (non-hydrogen) atoms. The van der Waals surface area contributed by atoms with Gasteiger partial charge in [0.05, 0.1) is 11.2 Å². The minimum atomic E-state index is -0.265. The molecule has 110 valence electrons. The van der Waals surface area contributed by atoms with Crippen molar-refractivity contribution in [1.29, 1.82) is 0 Å². The molecule has 0 N–H and O–H groups in total. The van der Waals surface area contributed by atoms with Crippen LogP contribution in [-0.2, 0) is 9.31 Å². The van der Waals surface area contributed by atoms with Crippen molar-refractivity contribution in [3.05, 3.63) is 11.6 Å². The number of allylic oxidation sites excluding steroid dienone is 1. The van der Waals surface area contributed by atoms with Gasteiger partial charge < -0.3 is 9.31 Å². The number of hydrogen-bond donors (Lipinski definition) is 0. The lowest BCUT2D eigenvalue weighted by atomic mass is 9.75. The summed E-state index contributed by atoms with van der Waals surface area (Å²) in [6.07, 6.45) is 5.52. The molecule has 1 aliphatic heterocycles. The Morgan fingerprint density at radius 2 is 1.68 bits per heavy atom. The van der Waals surface area contributed by atoms with Gasteiger partial charge in [0.2, 0.25) is 0 Å². The zero-order chi connectivity index (χ0) is 14.7. The Labute approximate surface area is 124 Å². The normalized spacial score (nSPS) is 22.5. The van der Waals surface area contributed by atoms with E-state index in [0.717, 1.165) is 17.8 Å². The third-order valence-corrected chi connectivity index (χ3v) is 4.69. The lowest BCUT2D eigenvalue weighted by molar-refractivity contribution is 0.00578. The molecule has 0 aromatic heterocycles. The first-order chi connectivity index (χ1) is 8.69. The van der Waals surface area contributed by atoms with Crippen LogP contribution in [0.4, 0.5) is 0 Å². The first-order valence-electron chi connectivity index (χ1n) is 7.39. The molecule has 0 aromatic rings. The van der Waals surface area contributed by atoms with Gasteiger partial charge in [0, 0.05) is 5.03 Å². The van der Waals surface area contributed by atoms with Crippen LogP contribution in [-0.4, -0.2) is 18.3 Å². The molecule has 1 rings (SSSR count). The SMILES string of the molecule is C=C(Cl)C(CCCCC)CB1OC(C)(C)C(C)(C)O1. The van der Waals surface area contributed by atoms with Crippen molar-refractivity contribution >= 4 is 18.7 Å². The van der Waals surface area contributed by atoms with Gasteiger partial charge in [-0.25, -0.2) is 0 Å². The molecule has 0 radical (unpaired) electrons. The molecule has 4 heteroatoms. The van der Waals surface area contributed by atoms with Gasteiger partial charge in [-0.1, -0.05) is 44.4 Å². The lowest BCUT2D eigenvalue weighted by Gasteiger charge is -2.32. The predicted octanol–water partition coefficient (Wildman–Crippen LogP) is 5.03. The quantitative estimate of drug-likeness (QED) is 0.483. The third-order valence-electron chi connectivity index (χ3n) is 4.38. The van der Waals surface area contributed by atoms with E-state index < -0.39 is 0 Å². The molecule has 0 saturated carbocycles. The second-order valence-electron chi connectivity index (χ2n) is 6.56. The fraction of sp³-hybridized carbons (Fsp3) is 0.867. The number of halogens is 1. The maximum Gasteiger partial charge on any atom is 0.458 e. The number of hydrogen-bond acceptors (Lipinski definition) is 2. The summed E-state index contributed by atoms with van der Waals surface area (Å²) in [6, 6.07) is 0. The van der Waals surface area contributed by atoms with E-state index in [9.17, 15) is 0 Å². The van der Waals surface area contributed by atoms with Crippen LogP contribution in [0.3, 0.4) is 0 Å². The van der Waals surface area contributed by atoms with Gasteiger partial charge in [-0.2, -0.15) is 0 Å². The van der Waals surface area contributed by atoms with Crippen LogP contribution in [0.2, 0.25) is 6.32 Å². The summed E-state index contributed by atoms with van der Waals surface area (Å²) < 4.78 is 12.1. The van der Waals surface area contributed by atoms with E-state index in [1.54, 1.807) is 0 Å². The van der Waals surface area contributed by atoms with E-state index in [4.69, 9.17) is 20.9 Å². The van der Waals surface area contributed by atoms with Crippen molar-refractivity contribution in [3.8, 4) is 0 Å². The fourth-order valence-electron chi connectivity index (χ4n) is 2.34. The van der Waals surface area contributed by atoms with Crippen molar-refractivity contribution in [2.75, 3.05) is 0 Å². The Balaban J connectivity index is 2.55. The lowest BCUT2D eigenvalue weighted by Crippen LogP contribution is -2.41. The van der Waals surface area contributed by atoms with Gasteiger partial charge in [-0.15, -0.1) is 0 Å². The van der Waals surface area contributed by atoms with E-state index in [1.165, 1.54) is 19.3 Å². The van der Waals surface area contributed by atoms with Crippen molar-refractivity contribution in [2.24, 2.45) is 5.92 Å². The van der Waals surface area contributed by atoms with Crippen LogP contribution in [0.1, 0.15) is 60.3 Å². The highest BCUT2D eigenvalue weighted by molar-refractivity contribution is 6.46. The van der Waals surface area contributed by atoms with Crippen molar-refractivity contribution in [2.45, 2.75) is 77.8 Å². The summed E-state index contributed by atoms with van der Waals surface area (Å²) in [7, 11) is -0.174. The van der Waals surface area contributed by atoms with Gasteiger partial charge >= 0.3 is 7.12 Å². The first-order valence-corrected chi connectivity index (χ1v) is 7.77. The van der Waals surface area contributed by atoms with E-state index in [2.05, 4.69) is 41.2 Å². The third kappa shape index (κ3) is 4.51. The van der Waals surface area contributed by atoms with Crippen LogP contribution in [0.15, 0.2) is 11.6 Å². The molecular formula is C15H28BClO2. The van der Waals surface area contributed by atoms with Gasteiger partial charge in [0.25, 0.3) is 0 Å². The van der Waals surface area contributed by atoms with E-state index in [-0.39, 0.29) is 24.2 Å². The highest BCUT2D eigenvalue weighted by Gasteiger charge is 2.51. The average molecular weight is 287 g/mol. The summed E-state index contributed by atoms with van der Waals surface area (Å²) in [5.74, 6) is 0.280. The molecule has 1 heterocycles. The van der Waals surface area contributed by atoms with Gasteiger partial charge in [-0.3, -0.25) is 0 Å². The monoisotopic (exact) mass is 286 g/mol. The second-order valence-corrected chi connectivity index (χ2v) is 7.05. The Kier molecular flexibility index (Phi) is 5.97. The van der Waals surface area contributed by atoms with Crippen molar-refractivity contribution in [3.63, 3.8) is 0 Å². The molecule has 2 nitrogen and oxygen atoms in total. The molecule has 1 fully saturated rings. The van der Waals surface area contributed by atoms with Crippen LogP contribution in [0.25, 0.3) is 0 Å². The zero-order valence-electron chi connectivity index (χ0n) is 13.1. The van der Waals surface area contributed by atoms with E-state index >= 15 is 0 Å². The fourth-order valence-corrected chi connectivity index (χ4v) is 2.53. The molecule has 0 aliphatic carbocycles. The second kappa shape index (κ2) is 6.65. The Morgan fingerprint density at radius 3 is 2.11 bits per heavy atom. The standard InChI is InChI=1S/C15H28BClO2/c1-7-8-9-10-13(12(2)17)11-16-18-14(3,4)15(5,6)19-16/h13H,2,7-11H2,1,3-6H3. The largest absolute Gasteiger partial charge is 0.458 e. The Morgan fingerprint density at radius 1 is 1.16 bits per heavy atom.